The van der Waals surface area contributed by atoms with Crippen LogP contribution < -0.4 is 20.1 Å². The van der Waals surface area contributed by atoms with Crippen molar-refractivity contribution >= 4 is 28.2 Å². The van der Waals surface area contributed by atoms with E-state index in [4.69, 9.17) is 4.74 Å². The normalized spacial score (nSPS) is 14.2. The second kappa shape index (κ2) is 10.3. The van der Waals surface area contributed by atoms with E-state index in [0.717, 1.165) is 11.3 Å². The molecule has 1 fully saturated rings. The van der Waals surface area contributed by atoms with E-state index in [2.05, 4.69) is 15.2 Å². The molecule has 10 heteroatoms. The summed E-state index contributed by atoms with van der Waals surface area (Å²) in [6, 6.07) is 14.3. The first-order valence-electron chi connectivity index (χ1n) is 11.0. The molecule has 0 unspecified atom stereocenters. The average molecular weight is 482 g/mol. The van der Waals surface area contributed by atoms with Gasteiger partial charge in [-0.2, -0.15) is 9.78 Å². The van der Waals surface area contributed by atoms with Gasteiger partial charge in [0.1, 0.15) is 34.3 Å². The van der Waals surface area contributed by atoms with Crippen LogP contribution in [0.5, 0.6) is 5.75 Å². The number of aromatic nitrogens is 2. The highest BCUT2D eigenvalue weighted by atomic mass is 32.2. The largest absolute Gasteiger partial charge is 0.616 e. The van der Waals surface area contributed by atoms with E-state index >= 15 is 0 Å². The number of benzene rings is 2. The summed E-state index contributed by atoms with van der Waals surface area (Å²) in [7, 11) is 3.42. The van der Waals surface area contributed by atoms with Gasteiger partial charge in [0.15, 0.2) is 0 Å². The van der Waals surface area contributed by atoms with E-state index in [9.17, 15) is 14.3 Å². The van der Waals surface area contributed by atoms with Crippen molar-refractivity contribution in [2.24, 2.45) is 5.18 Å². The van der Waals surface area contributed by atoms with Crippen LogP contribution in [-0.4, -0.2) is 59.6 Å². The zero-order valence-electron chi connectivity index (χ0n) is 19.4. The minimum atomic E-state index is -0.816. The molecule has 0 N–H and O–H groups in total. The first-order chi connectivity index (χ1) is 16.4. The Hall–Kier alpha value is -3.37. The molecule has 1 aliphatic heterocycles. The third kappa shape index (κ3) is 4.78. The van der Waals surface area contributed by atoms with Gasteiger partial charge in [0.2, 0.25) is 0 Å². The van der Waals surface area contributed by atoms with Crippen molar-refractivity contribution in [1.82, 2.24) is 9.78 Å². The van der Waals surface area contributed by atoms with Crippen molar-refractivity contribution in [3.63, 3.8) is 0 Å². The van der Waals surface area contributed by atoms with E-state index in [1.807, 2.05) is 43.1 Å². The number of methoxy groups -OCH3 is 1. The van der Waals surface area contributed by atoms with Gasteiger partial charge in [-0.25, -0.2) is 0 Å². The third-order valence-corrected chi connectivity index (χ3v) is 7.25. The Morgan fingerprint density at radius 1 is 1.18 bits per heavy atom. The molecule has 34 heavy (non-hydrogen) atoms. The molecule has 4 rings (SSSR count). The van der Waals surface area contributed by atoms with Crippen LogP contribution in [0.25, 0.3) is 16.9 Å². The van der Waals surface area contributed by atoms with Crippen LogP contribution in [0.4, 0.5) is 17.1 Å². The maximum atomic E-state index is 13.5. The van der Waals surface area contributed by atoms with Gasteiger partial charge < -0.3 is 19.1 Å². The monoisotopic (exact) mass is 481 g/mol. The molecule has 1 aliphatic rings. The first kappa shape index (κ1) is 23.8. The fourth-order valence-electron chi connectivity index (χ4n) is 3.86. The zero-order chi connectivity index (χ0) is 24.2. The number of nitrogens with zero attached hydrogens (tertiary/aromatic N) is 5. The average Bonchev–Trinajstić information content (AvgIpc) is 2.88. The van der Waals surface area contributed by atoms with E-state index in [1.54, 1.807) is 31.4 Å². The Kier molecular flexibility index (Phi) is 7.18. The second-order valence-corrected chi connectivity index (χ2v) is 9.67. The van der Waals surface area contributed by atoms with Crippen LogP contribution in [0.2, 0.25) is 0 Å². The predicted octanol–water partition coefficient (Wildman–Crippen LogP) is 3.33. The lowest BCUT2D eigenvalue weighted by Crippen LogP contribution is -2.40. The number of hydrogen-bond donors (Lipinski definition) is 0. The van der Waals surface area contributed by atoms with Crippen molar-refractivity contribution in [2.75, 3.05) is 55.1 Å². The molecule has 178 valence electrons. The Morgan fingerprint density at radius 2 is 1.94 bits per heavy atom. The zero-order valence-corrected chi connectivity index (χ0v) is 20.2. The van der Waals surface area contributed by atoms with Gasteiger partial charge in [0, 0.05) is 24.8 Å². The molecule has 2 aromatic carbocycles. The van der Waals surface area contributed by atoms with Gasteiger partial charge in [-0.05, 0) is 48.5 Å². The fourth-order valence-corrected chi connectivity index (χ4v) is 4.92. The predicted molar refractivity (Wildman–Crippen MR) is 136 cm³/mol. The Bertz CT molecular complexity index is 1240. The highest BCUT2D eigenvalue weighted by Gasteiger charge is 2.22. The number of nitroso groups, excluding NO2 is 1. The van der Waals surface area contributed by atoms with Gasteiger partial charge in [-0.15, -0.1) is 4.91 Å². The van der Waals surface area contributed by atoms with Gasteiger partial charge >= 0.3 is 0 Å². The Labute approximate surface area is 201 Å². The molecule has 1 saturated heterocycles. The molecule has 0 aliphatic carbocycles. The number of anilines is 2. The van der Waals surface area contributed by atoms with Crippen LogP contribution >= 0.6 is 0 Å². The topological polar surface area (TPSA) is 103 Å². The minimum absolute atomic E-state index is 0.117. The molecule has 0 bridgehead atoms. The van der Waals surface area contributed by atoms with Crippen molar-refractivity contribution in [3.05, 3.63) is 63.8 Å². The van der Waals surface area contributed by atoms with Crippen LogP contribution in [0.15, 0.2) is 58.5 Å². The maximum Gasteiger partial charge on any atom is 0.295 e. The van der Waals surface area contributed by atoms with Gasteiger partial charge in [0.05, 0.1) is 25.9 Å². The smallest absolute Gasteiger partial charge is 0.295 e. The van der Waals surface area contributed by atoms with Crippen molar-refractivity contribution in [1.29, 1.82) is 0 Å². The summed E-state index contributed by atoms with van der Waals surface area (Å²) in [6.45, 7) is 3.83. The summed E-state index contributed by atoms with van der Waals surface area (Å²) in [4.78, 5) is 29.1. The molecule has 3 aromatic rings. The van der Waals surface area contributed by atoms with E-state index < -0.39 is 11.2 Å². The lowest BCUT2D eigenvalue weighted by Gasteiger charge is -2.30. The molecule has 0 atom stereocenters. The lowest BCUT2D eigenvalue weighted by molar-refractivity contribution is 0.415. The molecule has 1 aromatic heterocycles. The molecule has 0 amide bonds. The molecule has 0 spiro atoms. The summed E-state index contributed by atoms with van der Waals surface area (Å²) >= 11 is -0.816. The van der Waals surface area contributed by atoms with Crippen LogP contribution in [0.3, 0.4) is 0 Å². The molecule has 9 nitrogen and oxygen atoms in total. The van der Waals surface area contributed by atoms with Crippen molar-refractivity contribution in [2.45, 2.75) is 6.92 Å². The lowest BCUT2D eigenvalue weighted by atomic mass is 10.1. The number of hydrogen-bond acceptors (Lipinski definition) is 8. The van der Waals surface area contributed by atoms with Crippen LogP contribution in [-0.2, 0) is 11.2 Å². The van der Waals surface area contributed by atoms with E-state index in [-0.39, 0.29) is 11.2 Å². The molecular formula is C24H27N5O4S. The fraction of sp³-hybridized carbons (Fsp3) is 0.333. The molecule has 0 saturated carbocycles. The number of ether oxygens (including phenoxy) is 1. The molecular weight excluding hydrogens is 454 g/mol. The summed E-state index contributed by atoms with van der Waals surface area (Å²) < 4.78 is 18.4. The summed E-state index contributed by atoms with van der Waals surface area (Å²) in [5.74, 6) is 1.83. The van der Waals surface area contributed by atoms with Gasteiger partial charge in [-0.1, -0.05) is 23.3 Å². The second-order valence-electron chi connectivity index (χ2n) is 7.98. The Morgan fingerprint density at radius 3 is 2.62 bits per heavy atom. The summed E-state index contributed by atoms with van der Waals surface area (Å²) in [5.41, 5.74) is 2.68. The third-order valence-electron chi connectivity index (χ3n) is 5.97. The first-order valence-corrected chi connectivity index (χ1v) is 12.5. The molecule has 0 radical (unpaired) electrons. The Balaban J connectivity index is 1.89. The highest BCUT2D eigenvalue weighted by molar-refractivity contribution is 7.91. The SMILES string of the molecule is CCN(C)c1cc(-c2cccc(OC)c2)nn(-c2cc(N3CC[S+]([O-])CC3)ccc2N=O)c1=O. The van der Waals surface area contributed by atoms with Crippen LogP contribution in [0, 0.1) is 4.91 Å². The quantitative estimate of drug-likeness (QED) is 0.377. The van der Waals surface area contributed by atoms with Crippen LogP contribution in [0.1, 0.15) is 6.92 Å². The van der Waals surface area contributed by atoms with Crippen molar-refractivity contribution in [3.8, 4) is 22.7 Å². The summed E-state index contributed by atoms with van der Waals surface area (Å²) in [5, 5.41) is 7.79. The maximum absolute atomic E-state index is 13.5. The standard InChI is InChI=1S/C24H27N5O4S/c1-4-27(2)23-16-21(17-6-5-7-19(14-17)33-3)25-29(24(23)30)22-15-18(8-9-20(22)26-31)28-10-12-34(32)13-11-28/h5-9,14-16H,4,10-13H2,1-3H3. The molecule has 2 heterocycles. The van der Waals surface area contributed by atoms with E-state index in [1.165, 1.54) is 4.68 Å². The minimum Gasteiger partial charge on any atom is -0.616 e. The highest BCUT2D eigenvalue weighted by Crippen LogP contribution is 2.30. The number of rotatable bonds is 7. The van der Waals surface area contributed by atoms with Gasteiger partial charge in [-0.3, -0.25) is 4.79 Å². The van der Waals surface area contributed by atoms with E-state index in [0.29, 0.717) is 54.0 Å². The summed E-state index contributed by atoms with van der Waals surface area (Å²) in [6.07, 6.45) is 0. The van der Waals surface area contributed by atoms with Gasteiger partial charge in [0.25, 0.3) is 5.56 Å². The van der Waals surface area contributed by atoms with Crippen molar-refractivity contribution < 1.29 is 9.29 Å².